The van der Waals surface area contributed by atoms with Gasteiger partial charge in [-0.2, -0.15) is 0 Å². The first kappa shape index (κ1) is 8.07. The van der Waals surface area contributed by atoms with Gasteiger partial charge in [0.25, 0.3) is 0 Å². The normalized spacial score (nSPS) is 9.27. The standard InChI is InChI=1S/C7H7NO2S/c1-5(9)10-6-3-2-4-8-7(6)11/h2-4H,1H3,(H,8,11). The molecule has 0 aliphatic heterocycles. The molecular weight excluding hydrogens is 162 g/mol. The van der Waals surface area contributed by atoms with Crippen LogP contribution >= 0.6 is 12.6 Å². The van der Waals surface area contributed by atoms with Crippen LogP contribution in [0.5, 0.6) is 5.75 Å². The van der Waals surface area contributed by atoms with Gasteiger partial charge in [-0.1, -0.05) is 0 Å². The molecule has 0 bridgehead atoms. The molecule has 0 aromatic carbocycles. The lowest BCUT2D eigenvalue weighted by Gasteiger charge is -2.01. The van der Waals surface area contributed by atoms with Crippen molar-refractivity contribution in [3.63, 3.8) is 0 Å². The van der Waals surface area contributed by atoms with Crippen LogP contribution in [0, 0.1) is 0 Å². The molecule has 3 nitrogen and oxygen atoms in total. The van der Waals surface area contributed by atoms with Crippen LogP contribution < -0.4 is 4.74 Å². The Morgan fingerprint density at radius 3 is 3.00 bits per heavy atom. The first-order valence-corrected chi connectivity index (χ1v) is 3.47. The first-order chi connectivity index (χ1) is 5.20. The topological polar surface area (TPSA) is 39.2 Å². The fourth-order valence-electron chi connectivity index (χ4n) is 0.617. The fraction of sp³-hybridized carbons (Fsp3) is 0.143. The molecule has 0 aliphatic carbocycles. The molecule has 0 atom stereocenters. The SMILES string of the molecule is CC(=O)Oc1cccnc1S. The number of carbonyl (C=O) groups excluding carboxylic acids is 1. The lowest BCUT2D eigenvalue weighted by atomic mass is 10.5. The van der Waals surface area contributed by atoms with Crippen LogP contribution in [0.4, 0.5) is 0 Å². The van der Waals surface area contributed by atoms with Crippen molar-refractivity contribution in [1.29, 1.82) is 0 Å². The van der Waals surface area contributed by atoms with E-state index in [2.05, 4.69) is 17.6 Å². The molecule has 1 aromatic rings. The van der Waals surface area contributed by atoms with Crippen LogP contribution in [0.15, 0.2) is 23.4 Å². The molecular formula is C7H7NO2S. The Labute approximate surface area is 69.8 Å². The zero-order valence-electron chi connectivity index (χ0n) is 5.94. The van der Waals surface area contributed by atoms with Gasteiger partial charge in [0.15, 0.2) is 5.75 Å². The van der Waals surface area contributed by atoms with Crippen molar-refractivity contribution in [1.82, 2.24) is 4.98 Å². The Balaban J connectivity index is 2.86. The van der Waals surface area contributed by atoms with E-state index in [-0.39, 0.29) is 5.97 Å². The maximum Gasteiger partial charge on any atom is 0.308 e. The number of rotatable bonds is 1. The minimum absolute atomic E-state index is 0.367. The molecule has 0 N–H and O–H groups in total. The predicted molar refractivity (Wildman–Crippen MR) is 42.8 cm³/mol. The molecule has 1 rings (SSSR count). The van der Waals surface area contributed by atoms with Gasteiger partial charge in [-0.05, 0) is 12.1 Å². The van der Waals surface area contributed by atoms with Crippen molar-refractivity contribution in [2.75, 3.05) is 0 Å². The van der Waals surface area contributed by atoms with Crippen LogP contribution in [0.25, 0.3) is 0 Å². The zero-order chi connectivity index (χ0) is 8.27. The van der Waals surface area contributed by atoms with E-state index in [1.165, 1.54) is 6.92 Å². The Morgan fingerprint density at radius 2 is 2.45 bits per heavy atom. The summed E-state index contributed by atoms with van der Waals surface area (Å²) in [6, 6.07) is 3.31. The maximum atomic E-state index is 10.5. The quantitative estimate of drug-likeness (QED) is 0.508. The number of esters is 1. The van der Waals surface area contributed by atoms with Gasteiger partial charge in [0.2, 0.25) is 0 Å². The maximum absolute atomic E-state index is 10.5. The third-order valence-electron chi connectivity index (χ3n) is 1.00. The average molecular weight is 169 g/mol. The van der Waals surface area contributed by atoms with Crippen LogP contribution in [0.1, 0.15) is 6.92 Å². The largest absolute Gasteiger partial charge is 0.424 e. The molecule has 1 heterocycles. The summed E-state index contributed by atoms with van der Waals surface area (Å²) in [7, 11) is 0. The summed E-state index contributed by atoms with van der Waals surface area (Å²) in [6.07, 6.45) is 1.58. The van der Waals surface area contributed by atoms with Crippen molar-refractivity contribution in [2.24, 2.45) is 0 Å². The Hall–Kier alpha value is -1.03. The number of hydrogen-bond donors (Lipinski definition) is 1. The number of thiol groups is 1. The molecule has 0 saturated carbocycles. The Bertz CT molecular complexity index is 275. The zero-order valence-corrected chi connectivity index (χ0v) is 6.84. The van der Waals surface area contributed by atoms with Crippen molar-refractivity contribution in [2.45, 2.75) is 11.9 Å². The van der Waals surface area contributed by atoms with Gasteiger partial charge >= 0.3 is 5.97 Å². The molecule has 58 valence electrons. The second-order valence-electron chi connectivity index (χ2n) is 1.92. The molecule has 0 unspecified atom stereocenters. The Morgan fingerprint density at radius 1 is 1.73 bits per heavy atom. The highest BCUT2D eigenvalue weighted by Crippen LogP contribution is 2.18. The van der Waals surface area contributed by atoms with E-state index < -0.39 is 0 Å². The van der Waals surface area contributed by atoms with E-state index in [1.807, 2.05) is 0 Å². The van der Waals surface area contributed by atoms with E-state index in [0.717, 1.165) is 0 Å². The van der Waals surface area contributed by atoms with Gasteiger partial charge in [0.05, 0.1) is 0 Å². The molecule has 11 heavy (non-hydrogen) atoms. The molecule has 0 fully saturated rings. The highest BCUT2D eigenvalue weighted by atomic mass is 32.1. The summed E-state index contributed by atoms with van der Waals surface area (Å²) >= 11 is 3.98. The van der Waals surface area contributed by atoms with Gasteiger partial charge in [-0.25, -0.2) is 4.98 Å². The van der Waals surface area contributed by atoms with Crippen molar-refractivity contribution < 1.29 is 9.53 Å². The Kier molecular flexibility index (Phi) is 2.48. The molecule has 4 heteroatoms. The molecule has 0 amide bonds. The van der Waals surface area contributed by atoms with E-state index in [9.17, 15) is 4.79 Å². The van der Waals surface area contributed by atoms with E-state index >= 15 is 0 Å². The van der Waals surface area contributed by atoms with E-state index in [0.29, 0.717) is 10.8 Å². The van der Waals surface area contributed by atoms with E-state index in [4.69, 9.17) is 4.74 Å². The number of carbonyl (C=O) groups is 1. The summed E-state index contributed by atoms with van der Waals surface area (Å²) in [5.74, 6) is 0.0247. The monoisotopic (exact) mass is 169 g/mol. The predicted octanol–water partition coefficient (Wildman–Crippen LogP) is 1.30. The number of ether oxygens (including phenoxy) is 1. The van der Waals surface area contributed by atoms with Gasteiger partial charge in [-0.3, -0.25) is 4.79 Å². The van der Waals surface area contributed by atoms with Gasteiger partial charge < -0.3 is 4.74 Å². The van der Waals surface area contributed by atoms with Crippen molar-refractivity contribution in [3.05, 3.63) is 18.3 Å². The summed E-state index contributed by atoms with van der Waals surface area (Å²) < 4.78 is 4.77. The number of aromatic nitrogens is 1. The first-order valence-electron chi connectivity index (χ1n) is 3.02. The van der Waals surface area contributed by atoms with Gasteiger partial charge in [-0.15, -0.1) is 12.6 Å². The van der Waals surface area contributed by atoms with Crippen LogP contribution in [0.2, 0.25) is 0 Å². The summed E-state index contributed by atoms with van der Waals surface area (Å²) in [5.41, 5.74) is 0. The number of pyridine rings is 1. The molecule has 0 aliphatic rings. The highest BCUT2D eigenvalue weighted by Gasteiger charge is 2.01. The lowest BCUT2D eigenvalue weighted by Crippen LogP contribution is -2.02. The van der Waals surface area contributed by atoms with Gasteiger partial charge in [0.1, 0.15) is 5.03 Å². The third kappa shape index (κ3) is 2.23. The smallest absolute Gasteiger partial charge is 0.308 e. The summed E-state index contributed by atoms with van der Waals surface area (Å²) in [6.45, 7) is 1.33. The second kappa shape index (κ2) is 3.39. The molecule has 0 spiro atoms. The molecule has 0 saturated heterocycles. The minimum Gasteiger partial charge on any atom is -0.424 e. The minimum atomic E-state index is -0.367. The van der Waals surface area contributed by atoms with Crippen LogP contribution in [0.3, 0.4) is 0 Å². The highest BCUT2D eigenvalue weighted by molar-refractivity contribution is 7.80. The average Bonchev–Trinajstić information content (AvgIpc) is 1.93. The van der Waals surface area contributed by atoms with Crippen LogP contribution in [-0.2, 0) is 4.79 Å². The third-order valence-corrected chi connectivity index (χ3v) is 1.34. The molecule has 1 aromatic heterocycles. The number of hydrogen-bond acceptors (Lipinski definition) is 4. The molecule has 0 radical (unpaired) electrons. The second-order valence-corrected chi connectivity index (χ2v) is 2.34. The summed E-state index contributed by atoms with van der Waals surface area (Å²) in [4.78, 5) is 14.3. The van der Waals surface area contributed by atoms with Crippen LogP contribution in [-0.4, -0.2) is 11.0 Å². The van der Waals surface area contributed by atoms with E-state index in [1.54, 1.807) is 18.3 Å². The van der Waals surface area contributed by atoms with Gasteiger partial charge in [0, 0.05) is 13.1 Å². The lowest BCUT2D eigenvalue weighted by molar-refractivity contribution is -0.132. The summed E-state index contributed by atoms with van der Waals surface area (Å²) in [5, 5.41) is 0.419. The fourth-order valence-corrected chi connectivity index (χ4v) is 0.804. The van der Waals surface area contributed by atoms with Crippen molar-refractivity contribution >= 4 is 18.6 Å². The van der Waals surface area contributed by atoms with Crippen molar-refractivity contribution in [3.8, 4) is 5.75 Å². The number of nitrogens with zero attached hydrogens (tertiary/aromatic N) is 1.